The minimum atomic E-state index is -0.355. The smallest absolute Gasteiger partial charge is 0.231 e. The largest absolute Gasteiger partial charge is 0.326 e. The minimum Gasteiger partial charge on any atom is -0.326 e. The Morgan fingerprint density at radius 3 is 2.68 bits per heavy atom. The number of benzene rings is 1. The van der Waals surface area contributed by atoms with Gasteiger partial charge in [-0.15, -0.1) is 12.4 Å². The van der Waals surface area contributed by atoms with E-state index >= 15 is 0 Å². The lowest BCUT2D eigenvalue weighted by Gasteiger charge is -2.21. The van der Waals surface area contributed by atoms with Gasteiger partial charge in [-0.05, 0) is 38.9 Å². The van der Waals surface area contributed by atoms with Gasteiger partial charge in [0.25, 0.3) is 0 Å². The molecule has 1 saturated heterocycles. The van der Waals surface area contributed by atoms with E-state index in [2.05, 4.69) is 10.6 Å². The zero-order valence-corrected chi connectivity index (χ0v) is 12.0. The van der Waals surface area contributed by atoms with Gasteiger partial charge >= 0.3 is 0 Å². The van der Waals surface area contributed by atoms with Gasteiger partial charge in [-0.3, -0.25) is 9.59 Å². The maximum Gasteiger partial charge on any atom is 0.231 e. The molecule has 1 aliphatic heterocycles. The van der Waals surface area contributed by atoms with Gasteiger partial charge < -0.3 is 10.6 Å². The minimum absolute atomic E-state index is 0. The first-order valence-corrected chi connectivity index (χ1v) is 6.14. The summed E-state index contributed by atoms with van der Waals surface area (Å²) < 4.78 is 0. The number of nitrogens with one attached hydrogen (secondary N) is 2. The van der Waals surface area contributed by atoms with Gasteiger partial charge in [0, 0.05) is 17.8 Å². The summed E-state index contributed by atoms with van der Waals surface area (Å²) in [5.41, 5.74) is 0.940. The van der Waals surface area contributed by atoms with Crippen LogP contribution in [0.1, 0.15) is 30.6 Å². The summed E-state index contributed by atoms with van der Waals surface area (Å²) >= 11 is 0. The quantitative estimate of drug-likeness (QED) is 0.836. The van der Waals surface area contributed by atoms with Crippen molar-refractivity contribution in [2.45, 2.75) is 20.3 Å². The molecule has 0 aromatic heterocycles. The second kappa shape index (κ2) is 6.17. The number of ketones is 1. The van der Waals surface area contributed by atoms with Gasteiger partial charge in [0.05, 0.1) is 5.41 Å². The van der Waals surface area contributed by atoms with Crippen LogP contribution in [0.25, 0.3) is 0 Å². The zero-order valence-electron chi connectivity index (χ0n) is 11.2. The van der Waals surface area contributed by atoms with Crippen LogP contribution in [0.3, 0.4) is 0 Å². The average molecular weight is 283 g/mol. The van der Waals surface area contributed by atoms with Crippen LogP contribution in [0.5, 0.6) is 0 Å². The fraction of sp³-hybridized carbons (Fsp3) is 0.429. The van der Waals surface area contributed by atoms with Gasteiger partial charge in [0.1, 0.15) is 0 Å². The highest BCUT2D eigenvalue weighted by Crippen LogP contribution is 2.26. The Hall–Kier alpha value is -1.39. The third-order valence-electron chi connectivity index (χ3n) is 3.44. The second-order valence-corrected chi connectivity index (χ2v) is 5.08. The Labute approximate surface area is 119 Å². The summed E-state index contributed by atoms with van der Waals surface area (Å²) in [7, 11) is 0. The molecule has 0 radical (unpaired) electrons. The monoisotopic (exact) mass is 282 g/mol. The fourth-order valence-electron chi connectivity index (χ4n) is 2.11. The summed E-state index contributed by atoms with van der Waals surface area (Å²) in [6.45, 7) is 5.04. The van der Waals surface area contributed by atoms with E-state index in [0.29, 0.717) is 17.8 Å². The predicted octanol–water partition coefficient (Wildman–Crippen LogP) is 2.25. The molecule has 104 valence electrons. The number of anilines is 1. The standard InChI is InChI=1S/C14H18N2O2.ClH/c1-10(17)11-4-3-5-12(8-11)16-13(18)14(2)6-7-15-9-14;/h3-5,8,15H,6-7,9H2,1-2H3,(H,16,18);1H. The predicted molar refractivity (Wildman–Crippen MR) is 77.9 cm³/mol. The Bertz CT molecular complexity index is 482. The Morgan fingerprint density at radius 2 is 2.11 bits per heavy atom. The van der Waals surface area contributed by atoms with Crippen molar-refractivity contribution < 1.29 is 9.59 Å². The molecule has 0 aliphatic carbocycles. The summed E-state index contributed by atoms with van der Waals surface area (Å²) in [6, 6.07) is 7.04. The van der Waals surface area contributed by atoms with E-state index < -0.39 is 0 Å². The fourth-order valence-corrected chi connectivity index (χ4v) is 2.11. The van der Waals surface area contributed by atoms with Crippen molar-refractivity contribution in [2.75, 3.05) is 18.4 Å². The Morgan fingerprint density at radius 1 is 1.37 bits per heavy atom. The molecule has 1 aliphatic rings. The zero-order chi connectivity index (χ0) is 13.2. The van der Waals surface area contributed by atoms with E-state index in [4.69, 9.17) is 0 Å². The molecule has 0 spiro atoms. The third kappa shape index (κ3) is 3.55. The molecule has 19 heavy (non-hydrogen) atoms. The van der Waals surface area contributed by atoms with Crippen LogP contribution < -0.4 is 10.6 Å². The first-order chi connectivity index (χ1) is 8.51. The van der Waals surface area contributed by atoms with Crippen molar-refractivity contribution in [2.24, 2.45) is 5.41 Å². The molecular weight excluding hydrogens is 264 g/mol. The molecule has 1 aromatic carbocycles. The van der Waals surface area contributed by atoms with Crippen molar-refractivity contribution >= 4 is 29.8 Å². The van der Waals surface area contributed by atoms with Crippen molar-refractivity contribution in [3.8, 4) is 0 Å². The number of hydrogen-bond donors (Lipinski definition) is 2. The molecule has 1 amide bonds. The molecule has 0 bridgehead atoms. The second-order valence-electron chi connectivity index (χ2n) is 5.08. The van der Waals surface area contributed by atoms with E-state index in [9.17, 15) is 9.59 Å². The van der Waals surface area contributed by atoms with Crippen LogP contribution in [0.4, 0.5) is 5.69 Å². The highest BCUT2D eigenvalue weighted by molar-refractivity contribution is 5.98. The molecular formula is C14H19ClN2O2. The van der Waals surface area contributed by atoms with E-state index in [1.165, 1.54) is 6.92 Å². The van der Waals surface area contributed by atoms with Crippen molar-refractivity contribution in [3.63, 3.8) is 0 Å². The van der Waals surface area contributed by atoms with E-state index in [1.807, 2.05) is 6.92 Å². The molecule has 2 N–H and O–H groups in total. The van der Waals surface area contributed by atoms with Crippen molar-refractivity contribution in [1.29, 1.82) is 0 Å². The van der Waals surface area contributed by atoms with Crippen LogP contribution in [-0.4, -0.2) is 24.8 Å². The van der Waals surface area contributed by atoms with Crippen LogP contribution in [-0.2, 0) is 4.79 Å². The normalized spacial score (nSPS) is 21.6. The van der Waals surface area contributed by atoms with Crippen LogP contribution in [0.15, 0.2) is 24.3 Å². The maximum absolute atomic E-state index is 12.2. The SMILES string of the molecule is CC(=O)c1cccc(NC(=O)C2(C)CCNC2)c1.Cl. The van der Waals surface area contributed by atoms with Gasteiger partial charge in [0.15, 0.2) is 5.78 Å². The topological polar surface area (TPSA) is 58.2 Å². The van der Waals surface area contributed by atoms with E-state index in [0.717, 1.165) is 13.0 Å². The van der Waals surface area contributed by atoms with Gasteiger partial charge in [-0.1, -0.05) is 12.1 Å². The first kappa shape index (κ1) is 15.7. The van der Waals surface area contributed by atoms with Gasteiger partial charge in [-0.2, -0.15) is 0 Å². The van der Waals surface area contributed by atoms with E-state index in [-0.39, 0.29) is 29.5 Å². The van der Waals surface area contributed by atoms with Crippen LogP contribution in [0, 0.1) is 5.41 Å². The molecule has 1 atom stereocenters. The van der Waals surface area contributed by atoms with Crippen LogP contribution >= 0.6 is 12.4 Å². The third-order valence-corrected chi connectivity index (χ3v) is 3.44. The highest BCUT2D eigenvalue weighted by atomic mass is 35.5. The van der Waals surface area contributed by atoms with E-state index in [1.54, 1.807) is 24.3 Å². The molecule has 2 rings (SSSR count). The van der Waals surface area contributed by atoms with Crippen molar-refractivity contribution in [1.82, 2.24) is 5.32 Å². The van der Waals surface area contributed by atoms with Gasteiger partial charge in [-0.25, -0.2) is 0 Å². The number of hydrogen-bond acceptors (Lipinski definition) is 3. The lowest BCUT2D eigenvalue weighted by atomic mass is 9.88. The van der Waals surface area contributed by atoms with Crippen molar-refractivity contribution in [3.05, 3.63) is 29.8 Å². The maximum atomic E-state index is 12.2. The Kier molecular flexibility index (Phi) is 5.09. The highest BCUT2D eigenvalue weighted by Gasteiger charge is 2.36. The summed E-state index contributed by atoms with van der Waals surface area (Å²) in [5, 5.41) is 6.08. The van der Waals surface area contributed by atoms with Crippen LogP contribution in [0.2, 0.25) is 0 Å². The average Bonchev–Trinajstić information content (AvgIpc) is 2.78. The molecule has 1 unspecified atom stereocenters. The number of carbonyl (C=O) groups is 2. The molecule has 4 nitrogen and oxygen atoms in total. The molecule has 5 heteroatoms. The summed E-state index contributed by atoms with van der Waals surface area (Å²) in [4.78, 5) is 23.5. The number of Topliss-reactive ketones (excluding diaryl/α,β-unsaturated/α-hetero) is 1. The first-order valence-electron chi connectivity index (χ1n) is 6.14. The lowest BCUT2D eigenvalue weighted by Crippen LogP contribution is -2.35. The number of halogens is 1. The van der Waals surface area contributed by atoms with Gasteiger partial charge in [0.2, 0.25) is 5.91 Å². The Balaban J connectivity index is 0.00000180. The molecule has 1 heterocycles. The number of carbonyl (C=O) groups excluding carboxylic acids is 2. The molecule has 1 fully saturated rings. The lowest BCUT2D eigenvalue weighted by molar-refractivity contribution is -0.123. The summed E-state index contributed by atoms with van der Waals surface area (Å²) in [6.07, 6.45) is 0.839. The number of amides is 1. The summed E-state index contributed by atoms with van der Waals surface area (Å²) in [5.74, 6) is 0.00745. The molecule has 1 aromatic rings. The molecule has 0 saturated carbocycles. The number of rotatable bonds is 3.